The van der Waals surface area contributed by atoms with Gasteiger partial charge < -0.3 is 19.3 Å². The summed E-state index contributed by atoms with van der Waals surface area (Å²) in [6.07, 6.45) is 3.09. The molecular formula is C22H28N2O3. The minimum absolute atomic E-state index is 0.0546. The largest absolute Gasteiger partial charge is 0.497 e. The molecule has 0 bridgehead atoms. The van der Waals surface area contributed by atoms with E-state index in [1.165, 1.54) is 12.8 Å². The van der Waals surface area contributed by atoms with Crippen molar-refractivity contribution in [3.8, 4) is 5.75 Å². The zero-order valence-electron chi connectivity index (χ0n) is 16.0. The summed E-state index contributed by atoms with van der Waals surface area (Å²) in [5, 5.41) is 2.31. The number of benzene rings is 2. The van der Waals surface area contributed by atoms with Crippen LogP contribution in [0, 0.1) is 0 Å². The smallest absolute Gasteiger partial charge is 0.224 e. The highest BCUT2D eigenvalue weighted by molar-refractivity contribution is 5.84. The van der Waals surface area contributed by atoms with Crippen LogP contribution in [0.4, 0.5) is 0 Å². The molecule has 2 fully saturated rings. The molecule has 2 aromatic carbocycles. The van der Waals surface area contributed by atoms with Crippen LogP contribution >= 0.6 is 0 Å². The number of likely N-dealkylation sites (tertiary alicyclic amines) is 1. The van der Waals surface area contributed by atoms with Crippen molar-refractivity contribution < 1.29 is 14.3 Å². The summed E-state index contributed by atoms with van der Waals surface area (Å²) in [5.74, 6) is 1.11. The predicted molar refractivity (Wildman–Crippen MR) is 106 cm³/mol. The zero-order valence-corrected chi connectivity index (χ0v) is 16.0. The van der Waals surface area contributed by atoms with Crippen LogP contribution < -0.4 is 4.74 Å². The Hall–Kier alpha value is -2.11. The number of hydrogen-bond donors (Lipinski definition) is 0. The number of methoxy groups -OCH3 is 1. The molecule has 5 heteroatoms. The quantitative estimate of drug-likeness (QED) is 0.813. The summed E-state index contributed by atoms with van der Waals surface area (Å²) >= 11 is 0. The van der Waals surface area contributed by atoms with Crippen LogP contribution in [0.1, 0.15) is 30.9 Å². The molecule has 2 aromatic rings. The predicted octanol–water partition coefficient (Wildman–Crippen LogP) is 3.23. The summed E-state index contributed by atoms with van der Waals surface area (Å²) in [7, 11) is 1.68. The van der Waals surface area contributed by atoms with E-state index < -0.39 is 0 Å². The Morgan fingerprint density at radius 1 is 1.11 bits per heavy atom. The summed E-state index contributed by atoms with van der Waals surface area (Å²) in [6, 6.07) is 12.4. The standard InChI is InChI=1S/C22H28N2O3/c1-26-20-7-6-17-14-19(5-4-18(17)15-20)21-16-24(12-13-27-21)22(25)8-11-23-9-2-3-10-23/h4-7,14-15,21H,2-3,8-13,16H2,1H3. The first-order valence-corrected chi connectivity index (χ1v) is 9.92. The normalized spacial score (nSPS) is 20.9. The van der Waals surface area contributed by atoms with Crippen LogP contribution in [-0.4, -0.2) is 62.1 Å². The third-order valence-electron chi connectivity index (χ3n) is 5.70. The van der Waals surface area contributed by atoms with Gasteiger partial charge in [-0.15, -0.1) is 0 Å². The first-order valence-electron chi connectivity index (χ1n) is 9.92. The Balaban J connectivity index is 1.41. The third kappa shape index (κ3) is 4.25. The van der Waals surface area contributed by atoms with Crippen molar-refractivity contribution in [2.24, 2.45) is 0 Å². The van der Waals surface area contributed by atoms with E-state index in [1.807, 2.05) is 17.0 Å². The highest BCUT2D eigenvalue weighted by Gasteiger charge is 2.26. The molecule has 5 nitrogen and oxygen atoms in total. The van der Waals surface area contributed by atoms with Gasteiger partial charge in [0.15, 0.2) is 0 Å². The van der Waals surface area contributed by atoms with E-state index in [0.717, 1.165) is 41.7 Å². The first-order chi connectivity index (χ1) is 13.2. The second-order valence-corrected chi connectivity index (χ2v) is 7.47. The summed E-state index contributed by atoms with van der Waals surface area (Å²) in [5.41, 5.74) is 1.13. The highest BCUT2D eigenvalue weighted by Crippen LogP contribution is 2.28. The molecule has 2 saturated heterocycles. The van der Waals surface area contributed by atoms with Crippen molar-refractivity contribution in [2.45, 2.75) is 25.4 Å². The number of hydrogen-bond acceptors (Lipinski definition) is 4. The summed E-state index contributed by atoms with van der Waals surface area (Å²) < 4.78 is 11.3. The lowest BCUT2D eigenvalue weighted by Gasteiger charge is -2.33. The summed E-state index contributed by atoms with van der Waals surface area (Å²) in [6.45, 7) is 5.10. The van der Waals surface area contributed by atoms with Gasteiger partial charge in [-0.05, 0) is 60.5 Å². The number of ether oxygens (including phenoxy) is 2. The Morgan fingerprint density at radius 3 is 2.70 bits per heavy atom. The molecule has 0 N–H and O–H groups in total. The van der Waals surface area contributed by atoms with Crippen molar-refractivity contribution in [3.05, 3.63) is 42.0 Å². The number of fused-ring (bicyclic) bond motifs is 1. The molecule has 0 radical (unpaired) electrons. The van der Waals surface area contributed by atoms with Gasteiger partial charge in [-0.25, -0.2) is 0 Å². The maximum atomic E-state index is 12.6. The maximum absolute atomic E-state index is 12.6. The zero-order chi connectivity index (χ0) is 18.6. The molecule has 27 heavy (non-hydrogen) atoms. The second kappa shape index (κ2) is 8.28. The van der Waals surface area contributed by atoms with Gasteiger partial charge in [0.1, 0.15) is 11.9 Å². The van der Waals surface area contributed by atoms with E-state index >= 15 is 0 Å². The fourth-order valence-corrected chi connectivity index (χ4v) is 4.07. The molecule has 4 rings (SSSR count). The Labute approximate surface area is 160 Å². The van der Waals surface area contributed by atoms with Gasteiger partial charge >= 0.3 is 0 Å². The van der Waals surface area contributed by atoms with E-state index in [-0.39, 0.29) is 12.0 Å². The van der Waals surface area contributed by atoms with Crippen LogP contribution in [-0.2, 0) is 9.53 Å². The van der Waals surface area contributed by atoms with Crippen LogP contribution in [0.25, 0.3) is 10.8 Å². The molecule has 144 valence electrons. The van der Waals surface area contributed by atoms with E-state index in [1.54, 1.807) is 7.11 Å². The molecule has 1 amide bonds. The maximum Gasteiger partial charge on any atom is 0.224 e. The molecule has 1 atom stereocenters. The second-order valence-electron chi connectivity index (χ2n) is 7.47. The van der Waals surface area contributed by atoms with Gasteiger partial charge in [-0.2, -0.15) is 0 Å². The minimum Gasteiger partial charge on any atom is -0.497 e. The van der Waals surface area contributed by atoms with Gasteiger partial charge in [0.2, 0.25) is 5.91 Å². The van der Waals surface area contributed by atoms with Crippen LogP contribution in [0.2, 0.25) is 0 Å². The number of rotatable bonds is 5. The Kier molecular flexibility index (Phi) is 5.60. The fourth-order valence-electron chi connectivity index (χ4n) is 4.07. The summed E-state index contributed by atoms with van der Waals surface area (Å²) in [4.78, 5) is 17.0. The van der Waals surface area contributed by atoms with Gasteiger partial charge in [-0.1, -0.05) is 18.2 Å². The molecule has 0 spiro atoms. The number of carbonyl (C=O) groups is 1. The van der Waals surface area contributed by atoms with Crippen molar-refractivity contribution in [2.75, 3.05) is 46.4 Å². The number of amides is 1. The number of nitrogens with zero attached hydrogens (tertiary/aromatic N) is 2. The molecule has 2 aliphatic rings. The van der Waals surface area contributed by atoms with Gasteiger partial charge in [0.25, 0.3) is 0 Å². The van der Waals surface area contributed by atoms with E-state index in [9.17, 15) is 4.79 Å². The van der Waals surface area contributed by atoms with Gasteiger partial charge in [0, 0.05) is 19.5 Å². The third-order valence-corrected chi connectivity index (χ3v) is 5.70. The SMILES string of the molecule is COc1ccc2cc(C3CN(C(=O)CCN4CCCC4)CCO3)ccc2c1. The van der Waals surface area contributed by atoms with E-state index in [0.29, 0.717) is 26.1 Å². The van der Waals surface area contributed by atoms with E-state index in [2.05, 4.69) is 29.2 Å². The van der Waals surface area contributed by atoms with Crippen molar-refractivity contribution >= 4 is 16.7 Å². The van der Waals surface area contributed by atoms with Gasteiger partial charge in [-0.3, -0.25) is 4.79 Å². The van der Waals surface area contributed by atoms with Crippen molar-refractivity contribution in [1.82, 2.24) is 9.80 Å². The molecule has 2 aliphatic heterocycles. The lowest BCUT2D eigenvalue weighted by molar-refractivity contribution is -0.139. The average molecular weight is 368 g/mol. The Morgan fingerprint density at radius 2 is 1.89 bits per heavy atom. The van der Waals surface area contributed by atoms with Crippen LogP contribution in [0.5, 0.6) is 5.75 Å². The van der Waals surface area contributed by atoms with Crippen molar-refractivity contribution in [3.63, 3.8) is 0 Å². The fraction of sp³-hybridized carbons (Fsp3) is 0.500. The molecule has 0 saturated carbocycles. The van der Waals surface area contributed by atoms with E-state index in [4.69, 9.17) is 9.47 Å². The number of carbonyl (C=O) groups excluding carboxylic acids is 1. The van der Waals surface area contributed by atoms with Crippen LogP contribution in [0.15, 0.2) is 36.4 Å². The van der Waals surface area contributed by atoms with Gasteiger partial charge in [0.05, 0.1) is 20.3 Å². The lowest BCUT2D eigenvalue weighted by Crippen LogP contribution is -2.43. The Bertz CT molecular complexity index is 801. The number of morpholine rings is 1. The monoisotopic (exact) mass is 368 g/mol. The highest BCUT2D eigenvalue weighted by atomic mass is 16.5. The lowest BCUT2D eigenvalue weighted by atomic mass is 10.0. The molecule has 1 unspecified atom stereocenters. The molecule has 0 aliphatic carbocycles. The first kappa shape index (κ1) is 18.3. The minimum atomic E-state index is -0.0546. The molecular weight excluding hydrogens is 340 g/mol. The van der Waals surface area contributed by atoms with Crippen molar-refractivity contribution in [1.29, 1.82) is 0 Å². The average Bonchev–Trinajstić information content (AvgIpc) is 3.25. The molecule has 0 aromatic heterocycles. The molecule has 2 heterocycles. The topological polar surface area (TPSA) is 42.0 Å². The van der Waals surface area contributed by atoms with Crippen LogP contribution in [0.3, 0.4) is 0 Å².